The first-order valence-electron chi connectivity index (χ1n) is 24.7. The van der Waals surface area contributed by atoms with Gasteiger partial charge in [0.05, 0.1) is 18.2 Å². The molecule has 2 saturated heterocycles. The monoisotopic (exact) mass is 940 g/mol. The fourth-order valence-corrected chi connectivity index (χ4v) is 10.3. The number of aliphatic hydroxyl groups is 2. The summed E-state index contributed by atoms with van der Waals surface area (Å²) in [7, 11) is 3.05. The fraction of sp³-hybridized carbons (Fsp3) is 0.765. The summed E-state index contributed by atoms with van der Waals surface area (Å²) in [5, 5.41) is 34.8. The highest BCUT2D eigenvalue weighted by Crippen LogP contribution is 2.39. The van der Waals surface area contributed by atoms with Crippen molar-refractivity contribution in [3.8, 4) is 0 Å². The van der Waals surface area contributed by atoms with Crippen molar-refractivity contribution in [2.45, 2.75) is 194 Å². The Morgan fingerprint density at radius 1 is 1.00 bits per heavy atom. The number of hydrogen-bond donors (Lipinski definition) is 2. The Labute approximate surface area is 398 Å². The van der Waals surface area contributed by atoms with Gasteiger partial charge in [-0.3, -0.25) is 19.2 Å². The van der Waals surface area contributed by atoms with E-state index in [9.17, 15) is 34.2 Å². The lowest BCUT2D eigenvalue weighted by atomic mass is 9.77. The number of ketones is 3. The van der Waals surface area contributed by atoms with Gasteiger partial charge in [0.25, 0.3) is 11.7 Å². The fourth-order valence-electron chi connectivity index (χ4n) is 10.3. The molecule has 3 aliphatic rings. The Morgan fingerprint density at radius 2 is 1.73 bits per heavy atom. The van der Waals surface area contributed by atoms with Crippen LogP contribution in [0.15, 0.2) is 41.8 Å². The van der Waals surface area contributed by atoms with E-state index in [4.69, 9.17) is 18.9 Å². The van der Waals surface area contributed by atoms with Gasteiger partial charge in [-0.05, 0) is 138 Å². The van der Waals surface area contributed by atoms with Crippen molar-refractivity contribution in [1.82, 2.24) is 25.1 Å². The SMILES string of the molecule is C/C=C/[C@@H](C)C[C@@H](C)C(=O)[C@H](OC)[C@H](O)/C(C)=C/[C@@H](C)C(=O)C[C@H](OC(=O)[C@@H]1CCCCN1C(=O)C(=O)[C@]1(O)O[C@H](CC/C(C)=C/C)CC[C@H]1C)[C@H](C)C[C@@H]1CC[C@H](n2cnnn2)[C@H](OC)C1. The quantitative estimate of drug-likeness (QED) is 0.0615. The van der Waals surface area contributed by atoms with Crippen LogP contribution < -0.4 is 0 Å². The maximum Gasteiger partial charge on any atom is 0.329 e. The Kier molecular flexibility index (Phi) is 21.7. The second-order valence-corrected chi connectivity index (χ2v) is 19.9. The third-order valence-corrected chi connectivity index (χ3v) is 14.8. The predicted molar refractivity (Wildman–Crippen MR) is 252 cm³/mol. The summed E-state index contributed by atoms with van der Waals surface area (Å²) in [6, 6.07) is -1.16. The maximum absolute atomic E-state index is 14.4. The van der Waals surface area contributed by atoms with E-state index in [0.717, 1.165) is 24.8 Å². The van der Waals surface area contributed by atoms with E-state index in [-0.39, 0.29) is 66.8 Å². The highest BCUT2D eigenvalue weighted by Gasteiger charge is 2.53. The molecule has 0 bridgehead atoms. The molecule has 1 aromatic rings. The van der Waals surface area contributed by atoms with Gasteiger partial charge in [-0.25, -0.2) is 9.48 Å². The smallest absolute Gasteiger partial charge is 0.329 e. The number of ether oxygens (including phenoxy) is 4. The number of carbonyl (C=O) groups excluding carboxylic acids is 5. The third kappa shape index (κ3) is 14.8. The van der Waals surface area contributed by atoms with Crippen LogP contribution in [0.25, 0.3) is 0 Å². The van der Waals surface area contributed by atoms with Gasteiger partial charge in [0.1, 0.15) is 36.5 Å². The lowest BCUT2D eigenvalue weighted by Gasteiger charge is -2.42. The van der Waals surface area contributed by atoms with Crippen molar-refractivity contribution in [1.29, 1.82) is 0 Å². The van der Waals surface area contributed by atoms with E-state index < -0.39 is 65.7 Å². The Balaban J connectivity index is 1.55. The molecule has 1 amide bonds. The Hall–Kier alpha value is -3.96. The van der Waals surface area contributed by atoms with Crippen molar-refractivity contribution in [3.63, 3.8) is 0 Å². The van der Waals surface area contributed by atoms with Gasteiger partial charge in [0, 0.05) is 44.9 Å². The first kappa shape index (κ1) is 55.6. The lowest BCUT2D eigenvalue weighted by molar-refractivity contribution is -0.263. The molecule has 0 spiro atoms. The highest BCUT2D eigenvalue weighted by atomic mass is 16.6. The first-order valence-corrected chi connectivity index (χ1v) is 24.7. The topological polar surface area (TPSA) is 210 Å². The number of likely N-dealkylation sites (tertiary alicyclic amines) is 1. The molecule has 0 aromatic carbocycles. The summed E-state index contributed by atoms with van der Waals surface area (Å²) in [5.41, 5.74) is 1.56. The minimum Gasteiger partial charge on any atom is -0.460 e. The van der Waals surface area contributed by atoms with Crippen LogP contribution in [0.2, 0.25) is 0 Å². The van der Waals surface area contributed by atoms with Crippen molar-refractivity contribution in [2.24, 2.45) is 35.5 Å². The number of hydrogen-bond acceptors (Lipinski definition) is 14. The number of piperidine rings is 1. The maximum atomic E-state index is 14.4. The number of aliphatic hydroxyl groups excluding tert-OH is 1. The van der Waals surface area contributed by atoms with Crippen LogP contribution in [0.5, 0.6) is 0 Å². The van der Waals surface area contributed by atoms with Crippen LogP contribution in [0.3, 0.4) is 0 Å². The van der Waals surface area contributed by atoms with Crippen molar-refractivity contribution in [2.75, 3.05) is 20.8 Å². The van der Waals surface area contributed by atoms with Crippen LogP contribution in [-0.4, -0.2) is 128 Å². The molecule has 16 heteroatoms. The van der Waals surface area contributed by atoms with Crippen molar-refractivity contribution in [3.05, 3.63) is 41.8 Å². The predicted octanol–water partition coefficient (Wildman–Crippen LogP) is 6.89. The van der Waals surface area contributed by atoms with Gasteiger partial charge in [0.15, 0.2) is 5.78 Å². The highest BCUT2D eigenvalue weighted by molar-refractivity contribution is 6.39. The number of tetrazole rings is 1. The summed E-state index contributed by atoms with van der Waals surface area (Å²) < 4.78 is 25.5. The standard InChI is InChI=1S/C51H81N5O11/c1-12-16-32(4)25-35(7)45(58)47(65-11)46(59)36(8)26-33(5)42(57)29-43(34(6)27-38-20-23-40(44(28-38)64-10)56-30-52-53-54-56)66-50(62)41-17-14-15-24-55(41)49(61)48(60)51(63)37(9)19-22-39(67-51)21-18-31(3)13-2/h12-13,16,26,30,32-35,37-41,43-44,46-47,59,63H,14-15,17-25,27-29H2,1-11H3/b16-12+,31-13+,36-26+/t32-,33-,34-,35-,37-,38+,39-,40+,41+,43+,44-,46-,47+,51-/m1/s1. The van der Waals surface area contributed by atoms with E-state index >= 15 is 0 Å². The molecule has 3 heterocycles. The molecular formula is C51H81N5O11. The molecule has 3 fully saturated rings. The second-order valence-electron chi connectivity index (χ2n) is 19.9. The first-order chi connectivity index (χ1) is 31.8. The number of aromatic nitrogens is 4. The zero-order valence-corrected chi connectivity index (χ0v) is 42.1. The second kappa shape index (κ2) is 26.1. The lowest BCUT2D eigenvalue weighted by Crippen LogP contribution is -2.60. The molecule has 4 rings (SSSR count). The van der Waals surface area contributed by atoms with Gasteiger partial charge in [-0.1, -0.05) is 64.5 Å². The Bertz CT molecular complexity index is 1880. The molecule has 16 nitrogen and oxygen atoms in total. The molecule has 1 aliphatic carbocycles. The molecule has 14 atom stereocenters. The zero-order chi connectivity index (χ0) is 49.6. The average molecular weight is 940 g/mol. The molecule has 2 aliphatic heterocycles. The number of rotatable bonds is 24. The zero-order valence-electron chi connectivity index (χ0n) is 42.1. The number of esters is 1. The van der Waals surface area contributed by atoms with Crippen LogP contribution in [0, 0.1) is 35.5 Å². The van der Waals surface area contributed by atoms with Gasteiger partial charge in [-0.2, -0.15) is 0 Å². The minimum atomic E-state index is -2.34. The Morgan fingerprint density at radius 3 is 2.37 bits per heavy atom. The average Bonchev–Trinajstić information content (AvgIpc) is 3.86. The van der Waals surface area contributed by atoms with Gasteiger partial charge in [-0.15, -0.1) is 5.10 Å². The molecule has 67 heavy (non-hydrogen) atoms. The number of allylic oxidation sites excluding steroid dienone is 5. The van der Waals surface area contributed by atoms with Gasteiger partial charge < -0.3 is 34.1 Å². The van der Waals surface area contributed by atoms with Crippen molar-refractivity contribution >= 4 is 29.2 Å². The van der Waals surface area contributed by atoms with Crippen LogP contribution in [-0.2, 0) is 42.9 Å². The van der Waals surface area contributed by atoms with E-state index in [2.05, 4.69) is 15.5 Å². The van der Waals surface area contributed by atoms with Gasteiger partial charge in [0.2, 0.25) is 5.79 Å². The number of Topliss-reactive ketones (excluding diaryl/α,β-unsaturated/α-hetero) is 3. The number of nitrogens with zero attached hydrogens (tertiary/aromatic N) is 5. The van der Waals surface area contributed by atoms with E-state index in [1.54, 1.807) is 45.0 Å². The normalized spacial score (nSPS) is 28.5. The summed E-state index contributed by atoms with van der Waals surface area (Å²) >= 11 is 0. The number of amides is 1. The summed E-state index contributed by atoms with van der Waals surface area (Å²) in [6.07, 6.45) is 12.4. The summed E-state index contributed by atoms with van der Waals surface area (Å²) in [5.74, 6) is -7.37. The number of carbonyl (C=O) groups is 5. The molecule has 0 radical (unpaired) electrons. The van der Waals surface area contributed by atoms with Crippen molar-refractivity contribution < 1.29 is 53.1 Å². The third-order valence-electron chi connectivity index (χ3n) is 14.8. The molecule has 2 N–H and O–H groups in total. The van der Waals surface area contributed by atoms with E-state index in [0.29, 0.717) is 56.9 Å². The minimum absolute atomic E-state index is 0.0446. The largest absolute Gasteiger partial charge is 0.460 e. The molecule has 376 valence electrons. The number of methoxy groups -OCH3 is 2. The van der Waals surface area contributed by atoms with Crippen LogP contribution >= 0.6 is 0 Å². The van der Waals surface area contributed by atoms with E-state index in [1.165, 1.54) is 12.0 Å². The van der Waals surface area contributed by atoms with Crippen LogP contribution in [0.1, 0.15) is 152 Å². The summed E-state index contributed by atoms with van der Waals surface area (Å²) in [6.45, 7) is 16.9. The van der Waals surface area contributed by atoms with Crippen LogP contribution in [0.4, 0.5) is 0 Å². The molecule has 1 saturated carbocycles. The molecule has 0 unspecified atom stereocenters. The molecule has 1 aromatic heterocycles. The van der Waals surface area contributed by atoms with Gasteiger partial charge >= 0.3 is 5.97 Å². The summed E-state index contributed by atoms with van der Waals surface area (Å²) in [4.78, 5) is 71.5. The molecular weight excluding hydrogens is 859 g/mol. The van der Waals surface area contributed by atoms with E-state index in [1.807, 2.05) is 59.8 Å².